The molecule has 1 aromatic carbocycles. The van der Waals surface area contributed by atoms with Crippen molar-refractivity contribution in [1.82, 2.24) is 0 Å². The van der Waals surface area contributed by atoms with Crippen LogP contribution in [0.15, 0.2) is 12.1 Å². The number of carboxylic acid groups (broad SMARTS) is 1. The molecular formula is C13H15NO6. The van der Waals surface area contributed by atoms with Crippen LogP contribution in [0.2, 0.25) is 0 Å². The molecule has 20 heavy (non-hydrogen) atoms. The number of aliphatic hydroxyl groups is 1. The second kappa shape index (κ2) is 5.38. The molecular weight excluding hydrogens is 266 g/mol. The molecule has 1 aliphatic heterocycles. The number of aliphatic carboxylic acids is 1. The number of aliphatic hydroxyl groups excluding tert-OH is 1. The molecule has 7 nitrogen and oxygen atoms in total. The van der Waals surface area contributed by atoms with Crippen LogP contribution in [0.25, 0.3) is 0 Å². The Hall–Kier alpha value is -2.28. The van der Waals surface area contributed by atoms with Gasteiger partial charge in [0.1, 0.15) is 6.54 Å². The Labute approximate surface area is 115 Å². The van der Waals surface area contributed by atoms with Gasteiger partial charge in [0.25, 0.3) is 5.91 Å². The molecule has 1 aliphatic rings. The number of hydrogen-bond acceptors (Lipinski definition) is 5. The van der Waals surface area contributed by atoms with Crippen LogP contribution in [0.1, 0.15) is 12.5 Å². The number of benzene rings is 1. The summed E-state index contributed by atoms with van der Waals surface area (Å²) in [6, 6.07) is 3.10. The summed E-state index contributed by atoms with van der Waals surface area (Å²) < 4.78 is 10.7. The maximum atomic E-state index is 12.1. The zero-order valence-electron chi connectivity index (χ0n) is 11.1. The van der Waals surface area contributed by atoms with Gasteiger partial charge in [-0.1, -0.05) is 0 Å². The summed E-state index contributed by atoms with van der Waals surface area (Å²) in [5.41, 5.74) is 0.792. The summed E-state index contributed by atoms with van der Waals surface area (Å²) >= 11 is 0. The van der Waals surface area contributed by atoms with Gasteiger partial charge in [0.2, 0.25) is 0 Å². The standard InChI is InChI=1S/C13H15NO6/c1-7-13(18)14(5-11(16)17)9-3-8(6-15)4-10(19-2)12(9)20-7/h3-4,7,15H,5-6H2,1-2H3,(H,16,17). The predicted octanol–water partition coefficient (Wildman–Crippen LogP) is 0.386. The smallest absolute Gasteiger partial charge is 0.323 e. The van der Waals surface area contributed by atoms with Crippen molar-refractivity contribution in [2.75, 3.05) is 18.6 Å². The lowest BCUT2D eigenvalue weighted by Crippen LogP contribution is -2.46. The Morgan fingerprint density at radius 3 is 2.75 bits per heavy atom. The van der Waals surface area contributed by atoms with Crippen molar-refractivity contribution in [3.05, 3.63) is 17.7 Å². The third kappa shape index (κ3) is 2.39. The highest BCUT2D eigenvalue weighted by molar-refractivity contribution is 6.03. The Kier molecular flexibility index (Phi) is 3.80. The average molecular weight is 281 g/mol. The van der Waals surface area contributed by atoms with Crippen molar-refractivity contribution in [3.8, 4) is 11.5 Å². The summed E-state index contributed by atoms with van der Waals surface area (Å²) in [6.07, 6.45) is -0.796. The van der Waals surface area contributed by atoms with E-state index in [1.165, 1.54) is 13.2 Å². The first-order valence-corrected chi connectivity index (χ1v) is 5.99. The summed E-state index contributed by atoms with van der Waals surface area (Å²) in [7, 11) is 1.43. The quantitative estimate of drug-likeness (QED) is 0.828. The molecule has 0 saturated carbocycles. The summed E-state index contributed by atoms with van der Waals surface area (Å²) in [6.45, 7) is 0.811. The molecule has 0 fully saturated rings. The van der Waals surface area contributed by atoms with Crippen LogP contribution in [0.3, 0.4) is 0 Å². The van der Waals surface area contributed by atoms with E-state index in [2.05, 4.69) is 0 Å². The van der Waals surface area contributed by atoms with Gasteiger partial charge in [-0.05, 0) is 24.6 Å². The number of carbonyl (C=O) groups is 2. The molecule has 1 heterocycles. The molecule has 0 bridgehead atoms. The van der Waals surface area contributed by atoms with Gasteiger partial charge in [-0.25, -0.2) is 0 Å². The maximum absolute atomic E-state index is 12.1. The van der Waals surface area contributed by atoms with Gasteiger partial charge in [-0.2, -0.15) is 0 Å². The van der Waals surface area contributed by atoms with E-state index in [1.54, 1.807) is 13.0 Å². The van der Waals surface area contributed by atoms with Crippen LogP contribution in [0.5, 0.6) is 11.5 Å². The second-order valence-electron chi connectivity index (χ2n) is 4.38. The van der Waals surface area contributed by atoms with Gasteiger partial charge in [0.05, 0.1) is 19.4 Å². The van der Waals surface area contributed by atoms with Crippen molar-refractivity contribution in [3.63, 3.8) is 0 Å². The molecule has 108 valence electrons. The monoisotopic (exact) mass is 281 g/mol. The largest absolute Gasteiger partial charge is 0.493 e. The Bertz CT molecular complexity index is 556. The number of anilines is 1. The molecule has 1 atom stereocenters. The molecule has 0 spiro atoms. The number of fused-ring (bicyclic) bond motifs is 1. The summed E-state index contributed by atoms with van der Waals surface area (Å²) in [5.74, 6) is -0.928. The minimum atomic E-state index is -1.13. The first-order valence-electron chi connectivity index (χ1n) is 5.99. The third-order valence-corrected chi connectivity index (χ3v) is 2.99. The minimum Gasteiger partial charge on any atom is -0.493 e. The van der Waals surface area contributed by atoms with E-state index in [4.69, 9.17) is 14.6 Å². The Balaban J connectivity index is 2.58. The number of carboxylic acids is 1. The number of carbonyl (C=O) groups excluding carboxylic acids is 1. The summed E-state index contributed by atoms with van der Waals surface area (Å²) in [5, 5.41) is 18.2. The number of hydrogen-bond donors (Lipinski definition) is 2. The van der Waals surface area contributed by atoms with E-state index in [1.807, 2.05) is 0 Å². The molecule has 0 aliphatic carbocycles. The molecule has 2 N–H and O–H groups in total. The lowest BCUT2D eigenvalue weighted by Gasteiger charge is -2.33. The average Bonchev–Trinajstić information content (AvgIpc) is 2.42. The molecule has 1 unspecified atom stereocenters. The van der Waals surface area contributed by atoms with Crippen molar-refractivity contribution in [2.24, 2.45) is 0 Å². The number of rotatable bonds is 4. The Morgan fingerprint density at radius 2 is 2.20 bits per heavy atom. The first kappa shape index (κ1) is 14.1. The lowest BCUT2D eigenvalue weighted by molar-refractivity contribution is -0.137. The van der Waals surface area contributed by atoms with Crippen molar-refractivity contribution >= 4 is 17.6 Å². The zero-order valence-corrected chi connectivity index (χ0v) is 11.1. The third-order valence-electron chi connectivity index (χ3n) is 2.99. The zero-order chi connectivity index (χ0) is 14.9. The molecule has 7 heteroatoms. The first-order chi connectivity index (χ1) is 9.47. The number of methoxy groups -OCH3 is 1. The van der Waals surface area contributed by atoms with Crippen LogP contribution in [-0.4, -0.2) is 41.8 Å². The van der Waals surface area contributed by atoms with Crippen LogP contribution in [-0.2, 0) is 16.2 Å². The molecule has 1 aromatic rings. The minimum absolute atomic E-state index is 0.256. The van der Waals surface area contributed by atoms with Crippen LogP contribution < -0.4 is 14.4 Å². The normalized spacial score (nSPS) is 17.4. The van der Waals surface area contributed by atoms with Crippen LogP contribution in [0, 0.1) is 0 Å². The Morgan fingerprint density at radius 1 is 1.50 bits per heavy atom. The van der Waals surface area contributed by atoms with Gasteiger partial charge in [-0.15, -0.1) is 0 Å². The van der Waals surface area contributed by atoms with Crippen molar-refractivity contribution in [2.45, 2.75) is 19.6 Å². The van der Waals surface area contributed by atoms with E-state index in [9.17, 15) is 14.7 Å². The van der Waals surface area contributed by atoms with E-state index in [-0.39, 0.29) is 6.61 Å². The van der Waals surface area contributed by atoms with Gasteiger partial charge in [0.15, 0.2) is 17.6 Å². The van der Waals surface area contributed by atoms with Crippen molar-refractivity contribution in [1.29, 1.82) is 0 Å². The van der Waals surface area contributed by atoms with Gasteiger partial charge < -0.3 is 19.7 Å². The number of nitrogens with zero attached hydrogens (tertiary/aromatic N) is 1. The topological polar surface area (TPSA) is 96.3 Å². The second-order valence-corrected chi connectivity index (χ2v) is 4.38. The SMILES string of the molecule is COc1cc(CO)cc2c1OC(C)C(=O)N2CC(=O)O. The van der Waals surface area contributed by atoms with E-state index >= 15 is 0 Å². The molecule has 1 amide bonds. The molecule has 2 rings (SSSR count). The van der Waals surface area contributed by atoms with Gasteiger partial charge in [0, 0.05) is 0 Å². The van der Waals surface area contributed by atoms with E-state index in [0.717, 1.165) is 4.90 Å². The highest BCUT2D eigenvalue weighted by Crippen LogP contribution is 2.42. The fourth-order valence-corrected chi connectivity index (χ4v) is 2.07. The van der Waals surface area contributed by atoms with Gasteiger partial charge in [-0.3, -0.25) is 14.5 Å². The predicted molar refractivity (Wildman–Crippen MR) is 69.0 cm³/mol. The molecule has 0 saturated heterocycles. The van der Waals surface area contributed by atoms with Crippen molar-refractivity contribution < 1.29 is 29.3 Å². The van der Waals surface area contributed by atoms with Crippen LogP contribution in [0.4, 0.5) is 5.69 Å². The highest BCUT2D eigenvalue weighted by atomic mass is 16.5. The fourth-order valence-electron chi connectivity index (χ4n) is 2.07. The van der Waals surface area contributed by atoms with Gasteiger partial charge >= 0.3 is 5.97 Å². The number of ether oxygens (including phenoxy) is 2. The highest BCUT2D eigenvalue weighted by Gasteiger charge is 2.35. The fraction of sp³-hybridized carbons (Fsp3) is 0.385. The molecule has 0 aromatic heterocycles. The summed E-state index contributed by atoms with van der Waals surface area (Å²) in [4.78, 5) is 24.1. The van der Waals surface area contributed by atoms with E-state index < -0.39 is 24.5 Å². The molecule has 0 radical (unpaired) electrons. The van der Waals surface area contributed by atoms with Crippen LogP contribution >= 0.6 is 0 Å². The number of amides is 1. The lowest BCUT2D eigenvalue weighted by atomic mass is 10.1. The van der Waals surface area contributed by atoms with E-state index in [0.29, 0.717) is 22.7 Å². The maximum Gasteiger partial charge on any atom is 0.323 e.